The summed E-state index contributed by atoms with van der Waals surface area (Å²) in [5.41, 5.74) is 1.19. The van der Waals surface area contributed by atoms with Gasteiger partial charge in [0.25, 0.3) is 0 Å². The number of nitrogens with zero attached hydrogens (tertiary/aromatic N) is 4. The molecule has 0 aromatic carbocycles. The summed E-state index contributed by atoms with van der Waals surface area (Å²) < 4.78 is 3.35. The molecule has 0 saturated heterocycles. The standard InChI is InChI=1S/C12H13N5O2S/c1-2-16-11(19)14-15-12(16)20-10-8(7-18)17-6-4-3-5-9(17)13-10/h3-6,18H,2,7H2,1H3,(H,14,19). The normalized spacial score (nSPS) is 11.3. The predicted octanol–water partition coefficient (Wildman–Crippen LogP) is 0.882. The summed E-state index contributed by atoms with van der Waals surface area (Å²) >= 11 is 1.27. The molecule has 0 aliphatic rings. The van der Waals surface area contributed by atoms with Crippen LogP contribution in [0.5, 0.6) is 0 Å². The van der Waals surface area contributed by atoms with Crippen molar-refractivity contribution in [1.29, 1.82) is 0 Å². The molecule has 0 bridgehead atoms. The number of H-pyrrole nitrogens is 1. The van der Waals surface area contributed by atoms with E-state index >= 15 is 0 Å². The Morgan fingerprint density at radius 3 is 3.05 bits per heavy atom. The summed E-state index contributed by atoms with van der Waals surface area (Å²) in [6.07, 6.45) is 1.84. The first-order valence-electron chi connectivity index (χ1n) is 6.14. The number of hydrogen-bond acceptors (Lipinski definition) is 5. The molecular formula is C12H13N5O2S. The molecule has 0 fully saturated rings. The molecule has 20 heavy (non-hydrogen) atoms. The molecule has 3 heterocycles. The van der Waals surface area contributed by atoms with Gasteiger partial charge in [-0.1, -0.05) is 6.07 Å². The fraction of sp³-hybridized carbons (Fsp3) is 0.250. The third-order valence-corrected chi connectivity index (χ3v) is 3.98. The first-order valence-corrected chi connectivity index (χ1v) is 6.96. The second-order valence-electron chi connectivity index (χ2n) is 4.11. The number of aliphatic hydroxyl groups is 1. The summed E-state index contributed by atoms with van der Waals surface area (Å²) in [5, 5.41) is 17.1. The highest BCUT2D eigenvalue weighted by Gasteiger charge is 2.16. The Hall–Kier alpha value is -2.06. The maximum atomic E-state index is 11.5. The second-order valence-corrected chi connectivity index (χ2v) is 5.06. The van der Waals surface area contributed by atoms with Gasteiger partial charge in [-0.05, 0) is 30.8 Å². The third-order valence-electron chi connectivity index (χ3n) is 2.97. The van der Waals surface area contributed by atoms with E-state index in [1.165, 1.54) is 16.3 Å². The highest BCUT2D eigenvalue weighted by atomic mass is 32.2. The van der Waals surface area contributed by atoms with Crippen LogP contribution >= 0.6 is 11.8 Å². The van der Waals surface area contributed by atoms with Crippen LogP contribution in [0.15, 0.2) is 39.4 Å². The molecule has 3 aromatic heterocycles. The van der Waals surface area contributed by atoms with Gasteiger partial charge in [-0.3, -0.25) is 4.57 Å². The Kier molecular flexibility index (Phi) is 3.33. The van der Waals surface area contributed by atoms with E-state index in [1.54, 1.807) is 0 Å². The summed E-state index contributed by atoms with van der Waals surface area (Å²) in [7, 11) is 0. The van der Waals surface area contributed by atoms with Crippen molar-refractivity contribution in [2.45, 2.75) is 30.3 Å². The number of aliphatic hydroxyl groups excluding tert-OH is 1. The van der Waals surface area contributed by atoms with E-state index in [9.17, 15) is 9.90 Å². The Labute approximate surface area is 118 Å². The van der Waals surface area contributed by atoms with Crippen molar-refractivity contribution in [2.75, 3.05) is 0 Å². The van der Waals surface area contributed by atoms with Crippen molar-refractivity contribution in [3.05, 3.63) is 40.6 Å². The Morgan fingerprint density at radius 1 is 1.45 bits per heavy atom. The average molecular weight is 291 g/mol. The zero-order valence-corrected chi connectivity index (χ0v) is 11.6. The third kappa shape index (κ3) is 2.02. The first kappa shape index (κ1) is 12.9. The fourth-order valence-electron chi connectivity index (χ4n) is 2.00. The van der Waals surface area contributed by atoms with E-state index in [0.717, 1.165) is 5.65 Å². The lowest BCUT2D eigenvalue weighted by Crippen LogP contribution is -2.16. The SMILES string of the molecule is CCn1c(Sc2nc3ccccn3c2CO)n[nH]c1=O. The molecule has 7 nitrogen and oxygen atoms in total. The maximum absolute atomic E-state index is 11.5. The topological polar surface area (TPSA) is 88.2 Å². The van der Waals surface area contributed by atoms with Crippen molar-refractivity contribution >= 4 is 17.4 Å². The van der Waals surface area contributed by atoms with Crippen LogP contribution < -0.4 is 5.69 Å². The van der Waals surface area contributed by atoms with E-state index in [-0.39, 0.29) is 12.3 Å². The average Bonchev–Trinajstić information content (AvgIpc) is 2.99. The molecule has 0 saturated carbocycles. The fourth-order valence-corrected chi connectivity index (χ4v) is 3.00. The number of aromatic nitrogens is 5. The molecular weight excluding hydrogens is 278 g/mol. The van der Waals surface area contributed by atoms with Crippen LogP contribution in [0.1, 0.15) is 12.6 Å². The predicted molar refractivity (Wildman–Crippen MR) is 73.8 cm³/mol. The second kappa shape index (κ2) is 5.14. The molecule has 0 unspecified atom stereocenters. The molecule has 104 valence electrons. The van der Waals surface area contributed by atoms with Gasteiger partial charge in [0.05, 0.1) is 12.3 Å². The van der Waals surface area contributed by atoms with E-state index in [0.29, 0.717) is 22.4 Å². The molecule has 3 aromatic rings. The van der Waals surface area contributed by atoms with Crippen molar-refractivity contribution in [2.24, 2.45) is 0 Å². The lowest BCUT2D eigenvalue weighted by atomic mass is 10.4. The Bertz CT molecular complexity index is 804. The summed E-state index contributed by atoms with van der Waals surface area (Å²) in [4.78, 5) is 16.0. The molecule has 2 N–H and O–H groups in total. The lowest BCUT2D eigenvalue weighted by molar-refractivity contribution is 0.272. The van der Waals surface area contributed by atoms with Gasteiger partial charge in [-0.15, -0.1) is 5.10 Å². The van der Waals surface area contributed by atoms with Crippen LogP contribution in [0.2, 0.25) is 0 Å². The molecule has 0 amide bonds. The van der Waals surface area contributed by atoms with Gasteiger partial charge in [0.2, 0.25) is 0 Å². The van der Waals surface area contributed by atoms with Gasteiger partial charge in [0.15, 0.2) is 5.16 Å². The number of rotatable bonds is 4. The molecule has 0 radical (unpaired) electrons. The van der Waals surface area contributed by atoms with Gasteiger partial charge < -0.3 is 9.51 Å². The van der Waals surface area contributed by atoms with Crippen molar-refractivity contribution in [1.82, 2.24) is 24.1 Å². The number of imidazole rings is 1. The zero-order valence-electron chi connectivity index (χ0n) is 10.8. The quantitative estimate of drug-likeness (QED) is 0.745. The van der Waals surface area contributed by atoms with Crippen LogP contribution in [-0.2, 0) is 13.2 Å². The highest BCUT2D eigenvalue weighted by molar-refractivity contribution is 7.99. The maximum Gasteiger partial charge on any atom is 0.343 e. The zero-order chi connectivity index (χ0) is 14.1. The van der Waals surface area contributed by atoms with Crippen molar-refractivity contribution in [3.8, 4) is 0 Å². The molecule has 0 aliphatic carbocycles. The first-order chi connectivity index (χ1) is 9.74. The number of pyridine rings is 1. The molecule has 8 heteroatoms. The highest BCUT2D eigenvalue weighted by Crippen LogP contribution is 2.28. The van der Waals surface area contributed by atoms with E-state index in [1.807, 2.05) is 35.7 Å². The Balaban J connectivity index is 2.08. The number of nitrogens with one attached hydrogen (secondary N) is 1. The van der Waals surface area contributed by atoms with Gasteiger partial charge in [-0.25, -0.2) is 14.9 Å². The van der Waals surface area contributed by atoms with Crippen LogP contribution in [0.4, 0.5) is 0 Å². The van der Waals surface area contributed by atoms with E-state index in [2.05, 4.69) is 15.2 Å². The largest absolute Gasteiger partial charge is 0.390 e. The minimum Gasteiger partial charge on any atom is -0.390 e. The van der Waals surface area contributed by atoms with Gasteiger partial charge in [0.1, 0.15) is 10.7 Å². The molecule has 0 atom stereocenters. The molecule has 0 spiro atoms. The number of fused-ring (bicyclic) bond motifs is 1. The number of hydrogen-bond donors (Lipinski definition) is 2. The lowest BCUT2D eigenvalue weighted by Gasteiger charge is -2.01. The van der Waals surface area contributed by atoms with E-state index in [4.69, 9.17) is 0 Å². The van der Waals surface area contributed by atoms with Crippen molar-refractivity contribution < 1.29 is 5.11 Å². The van der Waals surface area contributed by atoms with Gasteiger partial charge in [-0.2, -0.15) is 0 Å². The van der Waals surface area contributed by atoms with Crippen LogP contribution in [0, 0.1) is 0 Å². The molecule has 0 aliphatic heterocycles. The minimum absolute atomic E-state index is 0.131. The van der Waals surface area contributed by atoms with Gasteiger partial charge >= 0.3 is 5.69 Å². The van der Waals surface area contributed by atoms with Crippen molar-refractivity contribution in [3.63, 3.8) is 0 Å². The van der Waals surface area contributed by atoms with Gasteiger partial charge in [0, 0.05) is 12.7 Å². The summed E-state index contributed by atoms with van der Waals surface area (Å²) in [6, 6.07) is 5.62. The summed E-state index contributed by atoms with van der Waals surface area (Å²) in [6.45, 7) is 2.27. The monoisotopic (exact) mass is 291 g/mol. The summed E-state index contributed by atoms with van der Waals surface area (Å²) in [5.74, 6) is 0. The van der Waals surface area contributed by atoms with Crippen LogP contribution in [0.25, 0.3) is 5.65 Å². The van der Waals surface area contributed by atoms with Crippen LogP contribution in [-0.4, -0.2) is 29.3 Å². The minimum atomic E-state index is -0.246. The Morgan fingerprint density at radius 2 is 2.30 bits per heavy atom. The molecule has 3 rings (SSSR count). The number of aromatic amines is 1. The van der Waals surface area contributed by atoms with E-state index < -0.39 is 0 Å². The smallest absolute Gasteiger partial charge is 0.343 e. The van der Waals surface area contributed by atoms with Crippen LogP contribution in [0.3, 0.4) is 0 Å².